The number of hydrogen-bond donors (Lipinski definition) is 0. The molecular weight excluding hydrogens is 101 g/mol. The second kappa shape index (κ2) is 4.54. The molecule has 0 aliphatic carbocycles. The number of nitrogens with zero attached hydrogens (tertiary/aromatic N) is 1. The Balaban J connectivity index is 0. The van der Waals surface area contributed by atoms with E-state index in [0.717, 1.165) is 0 Å². The summed E-state index contributed by atoms with van der Waals surface area (Å²) in [5.74, 6) is 0. The van der Waals surface area contributed by atoms with Crippen molar-refractivity contribution in [1.29, 1.82) is 0 Å². The molecule has 31 valence electrons. The normalized spacial score (nSPS) is 7.20. The van der Waals surface area contributed by atoms with Crippen LogP contribution >= 0.6 is 0 Å². The third kappa shape index (κ3) is 99.3. The van der Waals surface area contributed by atoms with Gasteiger partial charge in [-0.15, -0.1) is 0 Å². The van der Waals surface area contributed by atoms with Gasteiger partial charge in [0.2, 0.25) is 0 Å². The van der Waals surface area contributed by atoms with E-state index in [1.54, 1.807) is 0 Å². The van der Waals surface area contributed by atoms with E-state index < -0.39 is 0 Å². The maximum absolute atomic E-state index is 2.00. The van der Waals surface area contributed by atoms with Gasteiger partial charge < -0.3 is 4.90 Å². The van der Waals surface area contributed by atoms with Crippen LogP contribution in [0.25, 0.3) is 0 Å². The van der Waals surface area contributed by atoms with E-state index in [0.29, 0.717) is 0 Å². The van der Waals surface area contributed by atoms with E-state index in [2.05, 4.69) is 0 Å². The average molecular weight is 110 g/mol. The van der Waals surface area contributed by atoms with Crippen LogP contribution in [0.2, 0.25) is 0 Å². The molecule has 0 bridgehead atoms. The predicted octanol–water partition coefficient (Wildman–Crippen LogP) is 0.175. The molecule has 2 heteroatoms. The third-order valence-electron chi connectivity index (χ3n) is 0. The van der Waals surface area contributed by atoms with Crippen LogP contribution in [0.1, 0.15) is 0 Å². The van der Waals surface area contributed by atoms with Gasteiger partial charge in [-0.1, -0.05) is 0 Å². The molecule has 0 aromatic rings. The molecule has 1 radical (unpaired) electrons. The monoisotopic (exact) mass is 110 g/mol. The summed E-state index contributed by atoms with van der Waals surface area (Å²) in [7, 11) is 6.00. The van der Waals surface area contributed by atoms with Gasteiger partial charge in [-0.25, -0.2) is 0 Å². The van der Waals surface area contributed by atoms with Crippen molar-refractivity contribution in [1.82, 2.24) is 4.90 Å². The summed E-state index contributed by atoms with van der Waals surface area (Å²) in [6.07, 6.45) is 0. The van der Waals surface area contributed by atoms with Gasteiger partial charge in [0, 0.05) is 18.6 Å². The van der Waals surface area contributed by atoms with Crippen molar-refractivity contribution in [2.24, 2.45) is 0 Å². The Kier molecular flexibility index (Phi) is 8.28. The standard InChI is InChI=1S/C3H9N.V/c1-4(2)3;/h1-3H3;. The molecular formula is C3H9NV. The molecule has 0 atom stereocenters. The Morgan fingerprint density at radius 1 is 1.00 bits per heavy atom. The van der Waals surface area contributed by atoms with Crippen LogP contribution in [0.5, 0.6) is 0 Å². The number of rotatable bonds is 0. The molecule has 0 aliphatic heterocycles. The zero-order valence-corrected chi connectivity index (χ0v) is 5.29. The summed E-state index contributed by atoms with van der Waals surface area (Å²) in [6, 6.07) is 0. The third-order valence-corrected chi connectivity index (χ3v) is 0. The fraction of sp³-hybridized carbons (Fsp3) is 1.00. The van der Waals surface area contributed by atoms with Gasteiger partial charge in [-0.05, 0) is 21.1 Å². The molecule has 1 nitrogen and oxygen atoms in total. The van der Waals surface area contributed by atoms with Gasteiger partial charge >= 0.3 is 0 Å². The predicted molar refractivity (Wildman–Crippen MR) is 19.6 cm³/mol. The van der Waals surface area contributed by atoms with Crippen molar-refractivity contribution in [2.75, 3.05) is 21.1 Å². The largest absolute Gasteiger partial charge is 0.312 e. The fourth-order valence-corrected chi connectivity index (χ4v) is 0. The first kappa shape index (κ1) is 9.11. The molecule has 0 aromatic carbocycles. The maximum Gasteiger partial charge on any atom is 0 e. The van der Waals surface area contributed by atoms with E-state index in [4.69, 9.17) is 0 Å². The van der Waals surface area contributed by atoms with Gasteiger partial charge in [0.25, 0.3) is 0 Å². The molecule has 0 N–H and O–H groups in total. The molecule has 0 aliphatic rings. The topological polar surface area (TPSA) is 3.24 Å². The van der Waals surface area contributed by atoms with Crippen LogP contribution in [-0.4, -0.2) is 26.0 Å². The van der Waals surface area contributed by atoms with E-state index in [1.165, 1.54) is 0 Å². The van der Waals surface area contributed by atoms with E-state index in [9.17, 15) is 0 Å². The van der Waals surface area contributed by atoms with Gasteiger partial charge in [0.15, 0.2) is 0 Å². The molecule has 0 amide bonds. The van der Waals surface area contributed by atoms with E-state index in [-0.39, 0.29) is 18.6 Å². The van der Waals surface area contributed by atoms with Crippen LogP contribution in [0.4, 0.5) is 0 Å². The molecule has 0 rings (SSSR count). The minimum Gasteiger partial charge on any atom is -0.312 e. The molecule has 5 heavy (non-hydrogen) atoms. The van der Waals surface area contributed by atoms with E-state index >= 15 is 0 Å². The van der Waals surface area contributed by atoms with Gasteiger partial charge in [0.05, 0.1) is 0 Å². The molecule has 0 fully saturated rings. The summed E-state index contributed by atoms with van der Waals surface area (Å²) < 4.78 is 0. The second-order valence-corrected chi connectivity index (χ2v) is 1.34. The smallest absolute Gasteiger partial charge is 0 e. The van der Waals surface area contributed by atoms with Crippen LogP contribution in [0.3, 0.4) is 0 Å². The van der Waals surface area contributed by atoms with Crippen LogP contribution in [-0.2, 0) is 18.6 Å². The summed E-state index contributed by atoms with van der Waals surface area (Å²) in [5, 5.41) is 0. The first-order valence-electron chi connectivity index (χ1n) is 1.34. The van der Waals surface area contributed by atoms with Crippen molar-refractivity contribution in [3.05, 3.63) is 0 Å². The minimum absolute atomic E-state index is 0. The Bertz CT molecular complexity index is 11.6. The molecule has 0 unspecified atom stereocenters. The zero-order valence-electron chi connectivity index (χ0n) is 3.89. The van der Waals surface area contributed by atoms with Crippen LogP contribution in [0, 0.1) is 0 Å². The molecule has 0 heterocycles. The Hall–Kier alpha value is 0.544. The first-order valence-corrected chi connectivity index (χ1v) is 1.34. The molecule has 0 aromatic heterocycles. The Morgan fingerprint density at radius 2 is 1.00 bits per heavy atom. The Morgan fingerprint density at radius 3 is 1.00 bits per heavy atom. The summed E-state index contributed by atoms with van der Waals surface area (Å²) in [5.41, 5.74) is 0. The summed E-state index contributed by atoms with van der Waals surface area (Å²) in [6.45, 7) is 0. The molecule has 0 spiro atoms. The molecule has 0 saturated heterocycles. The van der Waals surface area contributed by atoms with Gasteiger partial charge in [0.1, 0.15) is 0 Å². The van der Waals surface area contributed by atoms with Crippen molar-refractivity contribution < 1.29 is 18.6 Å². The van der Waals surface area contributed by atoms with Crippen LogP contribution < -0.4 is 0 Å². The van der Waals surface area contributed by atoms with Crippen molar-refractivity contribution in [2.45, 2.75) is 0 Å². The maximum atomic E-state index is 2.00. The van der Waals surface area contributed by atoms with Crippen molar-refractivity contribution in [3.63, 3.8) is 0 Å². The number of hydrogen-bond acceptors (Lipinski definition) is 1. The van der Waals surface area contributed by atoms with E-state index in [1.807, 2.05) is 26.0 Å². The van der Waals surface area contributed by atoms with Crippen LogP contribution in [0.15, 0.2) is 0 Å². The fourth-order valence-electron chi connectivity index (χ4n) is 0. The zero-order chi connectivity index (χ0) is 3.58. The SMILES string of the molecule is CN(C)C.[V]. The first-order chi connectivity index (χ1) is 1.73. The average Bonchev–Trinajstić information content (AvgIpc) is 0.811. The summed E-state index contributed by atoms with van der Waals surface area (Å²) in [4.78, 5) is 2.00. The Labute approximate surface area is 45.2 Å². The van der Waals surface area contributed by atoms with Gasteiger partial charge in [-0.2, -0.15) is 0 Å². The summed E-state index contributed by atoms with van der Waals surface area (Å²) >= 11 is 0. The van der Waals surface area contributed by atoms with Gasteiger partial charge in [-0.3, -0.25) is 0 Å². The molecule has 0 saturated carbocycles. The van der Waals surface area contributed by atoms with Crippen molar-refractivity contribution >= 4 is 0 Å². The second-order valence-electron chi connectivity index (χ2n) is 1.34. The minimum atomic E-state index is 0. The quantitative estimate of drug-likeness (QED) is 0.429. The van der Waals surface area contributed by atoms with Crippen molar-refractivity contribution in [3.8, 4) is 0 Å².